The minimum Gasteiger partial charge on any atom is -0.395 e. The molecule has 2 N–H and O–H groups in total. The molecule has 1 unspecified atom stereocenters. The predicted octanol–water partition coefficient (Wildman–Crippen LogP) is 1.57. The van der Waals surface area contributed by atoms with E-state index in [1.54, 1.807) is 11.8 Å². The van der Waals surface area contributed by atoms with E-state index in [4.69, 9.17) is 0 Å². The van der Waals surface area contributed by atoms with Gasteiger partial charge in [-0.2, -0.15) is 5.10 Å². The maximum atomic E-state index is 9.24. The molecule has 0 saturated heterocycles. The molecule has 1 rings (SSSR count). The van der Waals surface area contributed by atoms with Crippen LogP contribution in [0.1, 0.15) is 26.0 Å². The van der Waals surface area contributed by atoms with Crippen LogP contribution in [0.25, 0.3) is 0 Å². The van der Waals surface area contributed by atoms with Crippen molar-refractivity contribution in [2.45, 2.75) is 44.3 Å². The molecule has 0 aromatic carbocycles. The zero-order valence-corrected chi connectivity index (χ0v) is 11.9. The third-order valence-electron chi connectivity index (χ3n) is 2.46. The Morgan fingerprint density at radius 1 is 1.53 bits per heavy atom. The standard InChI is InChI=1S/C12H23N3OS/c1-9(2)13-11(8-16)5-6-17-12-7-10(3)14-15(12)4/h7,9,11,13,16H,5-6,8H2,1-4H3. The fourth-order valence-electron chi connectivity index (χ4n) is 1.73. The van der Waals surface area contributed by atoms with E-state index in [1.807, 2.05) is 18.7 Å². The average Bonchev–Trinajstić information content (AvgIpc) is 2.55. The third kappa shape index (κ3) is 5.10. The van der Waals surface area contributed by atoms with Crippen LogP contribution in [-0.4, -0.2) is 39.3 Å². The summed E-state index contributed by atoms with van der Waals surface area (Å²) < 4.78 is 1.91. The molecule has 0 aliphatic heterocycles. The van der Waals surface area contributed by atoms with Crippen LogP contribution in [0.5, 0.6) is 0 Å². The molecule has 4 nitrogen and oxygen atoms in total. The molecule has 0 radical (unpaired) electrons. The summed E-state index contributed by atoms with van der Waals surface area (Å²) in [5.41, 5.74) is 1.05. The molecule has 17 heavy (non-hydrogen) atoms. The van der Waals surface area contributed by atoms with Crippen LogP contribution < -0.4 is 5.32 Å². The Kier molecular flexibility index (Phi) is 6.02. The summed E-state index contributed by atoms with van der Waals surface area (Å²) in [5.74, 6) is 0.990. The summed E-state index contributed by atoms with van der Waals surface area (Å²) >= 11 is 1.79. The van der Waals surface area contributed by atoms with Gasteiger partial charge >= 0.3 is 0 Å². The molecule has 5 heteroatoms. The molecule has 1 atom stereocenters. The number of aliphatic hydroxyl groups is 1. The molecular weight excluding hydrogens is 234 g/mol. The summed E-state index contributed by atoms with van der Waals surface area (Å²) in [6.45, 7) is 6.39. The van der Waals surface area contributed by atoms with Crippen LogP contribution >= 0.6 is 11.8 Å². The first-order chi connectivity index (χ1) is 8.02. The highest BCUT2D eigenvalue weighted by Gasteiger charge is 2.09. The lowest BCUT2D eigenvalue weighted by Gasteiger charge is -2.18. The minimum absolute atomic E-state index is 0.192. The number of rotatable bonds is 7. The molecule has 0 saturated carbocycles. The summed E-state index contributed by atoms with van der Waals surface area (Å²) in [4.78, 5) is 0. The van der Waals surface area contributed by atoms with Crippen LogP contribution in [0, 0.1) is 6.92 Å². The quantitative estimate of drug-likeness (QED) is 0.728. The Bertz CT molecular complexity index is 338. The van der Waals surface area contributed by atoms with Gasteiger partial charge in [-0.15, -0.1) is 11.8 Å². The molecule has 1 aromatic heterocycles. The van der Waals surface area contributed by atoms with E-state index in [9.17, 15) is 5.11 Å². The average molecular weight is 257 g/mol. The minimum atomic E-state index is 0.192. The van der Waals surface area contributed by atoms with Gasteiger partial charge in [-0.05, 0) is 19.4 Å². The largest absolute Gasteiger partial charge is 0.395 e. The van der Waals surface area contributed by atoms with Gasteiger partial charge in [0.05, 0.1) is 17.3 Å². The lowest BCUT2D eigenvalue weighted by atomic mass is 10.2. The molecule has 0 aliphatic carbocycles. The Morgan fingerprint density at radius 2 is 2.24 bits per heavy atom. The van der Waals surface area contributed by atoms with Gasteiger partial charge in [0, 0.05) is 24.9 Å². The van der Waals surface area contributed by atoms with Crippen LogP contribution in [0.2, 0.25) is 0 Å². The smallest absolute Gasteiger partial charge is 0.0939 e. The first kappa shape index (κ1) is 14.5. The highest BCUT2D eigenvalue weighted by atomic mass is 32.2. The number of nitrogens with one attached hydrogen (secondary N) is 1. The van der Waals surface area contributed by atoms with E-state index in [1.165, 1.54) is 5.03 Å². The molecule has 1 heterocycles. The molecule has 0 amide bonds. The van der Waals surface area contributed by atoms with Crippen molar-refractivity contribution in [1.82, 2.24) is 15.1 Å². The van der Waals surface area contributed by atoms with Crippen molar-refractivity contribution in [1.29, 1.82) is 0 Å². The van der Waals surface area contributed by atoms with Gasteiger partial charge in [0.1, 0.15) is 0 Å². The topological polar surface area (TPSA) is 50.1 Å². The van der Waals surface area contributed by atoms with Gasteiger partial charge in [0.25, 0.3) is 0 Å². The van der Waals surface area contributed by atoms with Crippen molar-refractivity contribution in [2.75, 3.05) is 12.4 Å². The van der Waals surface area contributed by atoms with Crippen LogP contribution in [0.3, 0.4) is 0 Å². The second kappa shape index (κ2) is 7.03. The SMILES string of the molecule is Cc1cc(SCCC(CO)NC(C)C)n(C)n1. The van der Waals surface area contributed by atoms with E-state index in [0.717, 1.165) is 17.9 Å². The molecule has 0 bridgehead atoms. The van der Waals surface area contributed by atoms with Crippen LogP contribution in [0.15, 0.2) is 11.1 Å². The van der Waals surface area contributed by atoms with E-state index < -0.39 is 0 Å². The second-order valence-corrected chi connectivity index (χ2v) is 5.70. The van der Waals surface area contributed by atoms with Gasteiger partial charge in [0.2, 0.25) is 0 Å². The van der Waals surface area contributed by atoms with Crippen LogP contribution in [-0.2, 0) is 7.05 Å². The van der Waals surface area contributed by atoms with Crippen LogP contribution in [0.4, 0.5) is 0 Å². The monoisotopic (exact) mass is 257 g/mol. The van der Waals surface area contributed by atoms with E-state index >= 15 is 0 Å². The van der Waals surface area contributed by atoms with Crippen molar-refractivity contribution in [3.63, 3.8) is 0 Å². The van der Waals surface area contributed by atoms with Gasteiger partial charge in [0.15, 0.2) is 0 Å². The van der Waals surface area contributed by atoms with E-state index in [0.29, 0.717) is 6.04 Å². The van der Waals surface area contributed by atoms with Crippen molar-refractivity contribution < 1.29 is 5.11 Å². The number of aromatic nitrogens is 2. The summed E-state index contributed by atoms with van der Waals surface area (Å²) in [6, 6.07) is 2.70. The third-order valence-corrected chi connectivity index (χ3v) is 3.58. The molecular formula is C12H23N3OS. The van der Waals surface area contributed by atoms with E-state index in [-0.39, 0.29) is 12.6 Å². The van der Waals surface area contributed by atoms with Gasteiger partial charge in [-0.25, -0.2) is 0 Å². The molecule has 0 aliphatic rings. The highest BCUT2D eigenvalue weighted by molar-refractivity contribution is 7.99. The fourth-order valence-corrected chi connectivity index (χ4v) is 2.82. The Labute approximate surface area is 108 Å². The van der Waals surface area contributed by atoms with E-state index in [2.05, 4.69) is 30.3 Å². The normalized spacial score (nSPS) is 13.3. The lowest BCUT2D eigenvalue weighted by Crippen LogP contribution is -2.37. The summed E-state index contributed by atoms with van der Waals surface area (Å²) in [5, 5.41) is 18.1. The highest BCUT2D eigenvalue weighted by Crippen LogP contribution is 2.19. The summed E-state index contributed by atoms with van der Waals surface area (Å²) in [6.07, 6.45) is 0.962. The zero-order valence-electron chi connectivity index (χ0n) is 11.1. The Morgan fingerprint density at radius 3 is 2.71 bits per heavy atom. The number of nitrogens with zero attached hydrogens (tertiary/aromatic N) is 2. The fraction of sp³-hybridized carbons (Fsp3) is 0.750. The Balaban J connectivity index is 2.33. The number of hydrogen-bond donors (Lipinski definition) is 2. The first-order valence-corrected chi connectivity index (χ1v) is 7.01. The lowest BCUT2D eigenvalue weighted by molar-refractivity contribution is 0.232. The zero-order chi connectivity index (χ0) is 12.8. The first-order valence-electron chi connectivity index (χ1n) is 6.03. The second-order valence-electron chi connectivity index (χ2n) is 4.59. The van der Waals surface area contributed by atoms with Crippen molar-refractivity contribution >= 4 is 11.8 Å². The number of aryl methyl sites for hydroxylation is 2. The van der Waals surface area contributed by atoms with Crippen molar-refractivity contribution in [2.24, 2.45) is 7.05 Å². The predicted molar refractivity (Wildman–Crippen MR) is 72.4 cm³/mol. The molecule has 0 fully saturated rings. The number of hydrogen-bond acceptors (Lipinski definition) is 4. The Hall–Kier alpha value is -0.520. The number of aliphatic hydroxyl groups excluding tert-OH is 1. The van der Waals surface area contributed by atoms with Gasteiger partial charge < -0.3 is 10.4 Å². The maximum absolute atomic E-state index is 9.24. The van der Waals surface area contributed by atoms with Gasteiger partial charge in [-0.3, -0.25) is 4.68 Å². The summed E-state index contributed by atoms with van der Waals surface area (Å²) in [7, 11) is 1.96. The maximum Gasteiger partial charge on any atom is 0.0939 e. The number of thioether (sulfide) groups is 1. The molecule has 98 valence electrons. The van der Waals surface area contributed by atoms with Gasteiger partial charge in [-0.1, -0.05) is 13.8 Å². The molecule has 1 aromatic rings. The van der Waals surface area contributed by atoms with Crippen molar-refractivity contribution in [3.05, 3.63) is 11.8 Å². The van der Waals surface area contributed by atoms with Crippen molar-refractivity contribution in [3.8, 4) is 0 Å². The molecule has 0 spiro atoms.